The first-order chi connectivity index (χ1) is 13.0. The fourth-order valence-electron chi connectivity index (χ4n) is 2.51. The van der Waals surface area contributed by atoms with Gasteiger partial charge in [-0.25, -0.2) is 9.97 Å². The number of pyridine rings is 1. The molecule has 0 fully saturated rings. The minimum atomic E-state index is -0.193. The standard InChI is InChI=1S/C20H21N3O2S2/c1-12(2)26-19-16(6-5-11-21-19)18(24)23-20-22-17(13(3)27-20)14-7-9-15(25-4)10-8-14/h5-12H,1-4H3,(H,22,23,24). The number of hydrogen-bond donors (Lipinski definition) is 1. The lowest BCUT2D eigenvalue weighted by Gasteiger charge is -2.09. The summed E-state index contributed by atoms with van der Waals surface area (Å²) in [5, 5.41) is 4.57. The summed E-state index contributed by atoms with van der Waals surface area (Å²) >= 11 is 3.03. The van der Waals surface area contributed by atoms with Crippen molar-refractivity contribution >= 4 is 34.1 Å². The third kappa shape index (κ3) is 4.67. The van der Waals surface area contributed by atoms with E-state index in [-0.39, 0.29) is 5.91 Å². The monoisotopic (exact) mass is 399 g/mol. The van der Waals surface area contributed by atoms with Crippen LogP contribution < -0.4 is 10.1 Å². The van der Waals surface area contributed by atoms with E-state index in [1.807, 2.05) is 31.2 Å². The molecule has 3 rings (SSSR count). The summed E-state index contributed by atoms with van der Waals surface area (Å²) in [5.41, 5.74) is 2.42. The number of nitrogens with one attached hydrogen (secondary N) is 1. The van der Waals surface area contributed by atoms with Crippen LogP contribution in [0.15, 0.2) is 47.6 Å². The first-order valence-corrected chi connectivity index (χ1v) is 10.2. The number of hydrogen-bond acceptors (Lipinski definition) is 6. The quantitative estimate of drug-likeness (QED) is 0.572. The lowest BCUT2D eigenvalue weighted by Crippen LogP contribution is -2.13. The van der Waals surface area contributed by atoms with Crippen LogP contribution in [0.4, 0.5) is 5.13 Å². The average molecular weight is 400 g/mol. The number of aryl methyl sites for hydroxylation is 1. The van der Waals surface area contributed by atoms with Gasteiger partial charge in [0.25, 0.3) is 5.91 Å². The van der Waals surface area contributed by atoms with E-state index in [1.54, 1.807) is 37.2 Å². The van der Waals surface area contributed by atoms with Gasteiger partial charge in [-0.15, -0.1) is 23.1 Å². The van der Waals surface area contributed by atoms with Crippen molar-refractivity contribution in [2.45, 2.75) is 31.0 Å². The average Bonchev–Trinajstić information content (AvgIpc) is 3.01. The van der Waals surface area contributed by atoms with Crippen LogP contribution in [0.3, 0.4) is 0 Å². The molecule has 0 bridgehead atoms. The molecule has 0 saturated heterocycles. The van der Waals surface area contributed by atoms with Crippen LogP contribution in [-0.2, 0) is 0 Å². The Hall–Kier alpha value is -2.38. The number of anilines is 1. The Morgan fingerprint density at radius 2 is 1.96 bits per heavy atom. The molecule has 0 spiro atoms. The van der Waals surface area contributed by atoms with Gasteiger partial charge in [0.2, 0.25) is 0 Å². The Kier molecular flexibility index (Phi) is 6.13. The zero-order valence-electron chi connectivity index (χ0n) is 15.6. The molecule has 0 unspecified atom stereocenters. The molecule has 1 N–H and O–H groups in total. The highest BCUT2D eigenvalue weighted by molar-refractivity contribution is 7.99. The molecule has 0 radical (unpaired) electrons. The Labute approximate surface area is 167 Å². The van der Waals surface area contributed by atoms with Crippen LogP contribution in [0.25, 0.3) is 11.3 Å². The highest BCUT2D eigenvalue weighted by Gasteiger charge is 2.17. The van der Waals surface area contributed by atoms with E-state index in [1.165, 1.54) is 11.3 Å². The Morgan fingerprint density at radius 3 is 2.63 bits per heavy atom. The summed E-state index contributed by atoms with van der Waals surface area (Å²) in [5.74, 6) is 0.605. The van der Waals surface area contributed by atoms with Crippen LogP contribution in [0.2, 0.25) is 0 Å². The first-order valence-electron chi connectivity index (χ1n) is 8.53. The molecule has 1 amide bonds. The maximum atomic E-state index is 12.7. The molecule has 7 heteroatoms. The summed E-state index contributed by atoms with van der Waals surface area (Å²) < 4.78 is 5.20. The largest absolute Gasteiger partial charge is 0.497 e. The summed E-state index contributed by atoms with van der Waals surface area (Å²) in [6, 6.07) is 11.3. The Morgan fingerprint density at radius 1 is 1.22 bits per heavy atom. The number of carbonyl (C=O) groups excluding carboxylic acids is 1. The van der Waals surface area contributed by atoms with Crippen molar-refractivity contribution in [3.8, 4) is 17.0 Å². The van der Waals surface area contributed by atoms with Crippen molar-refractivity contribution < 1.29 is 9.53 Å². The number of thiazole rings is 1. The van der Waals surface area contributed by atoms with Gasteiger partial charge >= 0.3 is 0 Å². The molecule has 0 aliphatic heterocycles. The molecule has 0 saturated carbocycles. The van der Waals surface area contributed by atoms with E-state index in [2.05, 4.69) is 29.1 Å². The SMILES string of the molecule is COc1ccc(-c2nc(NC(=O)c3cccnc3SC(C)C)sc2C)cc1. The molecular formula is C20H21N3O2S2. The summed E-state index contributed by atoms with van der Waals surface area (Å²) in [6.07, 6.45) is 1.71. The van der Waals surface area contributed by atoms with E-state index in [0.717, 1.165) is 26.9 Å². The van der Waals surface area contributed by atoms with Crippen LogP contribution in [0, 0.1) is 6.92 Å². The minimum Gasteiger partial charge on any atom is -0.497 e. The zero-order valence-corrected chi connectivity index (χ0v) is 17.3. The van der Waals surface area contributed by atoms with E-state index >= 15 is 0 Å². The van der Waals surface area contributed by atoms with Gasteiger partial charge in [-0.2, -0.15) is 0 Å². The highest BCUT2D eigenvalue weighted by Crippen LogP contribution is 2.32. The van der Waals surface area contributed by atoms with E-state index in [0.29, 0.717) is 15.9 Å². The van der Waals surface area contributed by atoms with Gasteiger partial charge in [0, 0.05) is 21.9 Å². The lowest BCUT2D eigenvalue weighted by atomic mass is 10.1. The normalized spacial score (nSPS) is 10.9. The molecule has 5 nitrogen and oxygen atoms in total. The van der Waals surface area contributed by atoms with Crippen molar-refractivity contribution in [2.24, 2.45) is 0 Å². The molecule has 2 heterocycles. The lowest BCUT2D eigenvalue weighted by molar-refractivity contribution is 0.102. The van der Waals surface area contributed by atoms with Crippen LogP contribution in [0.5, 0.6) is 5.75 Å². The fraction of sp³-hybridized carbons (Fsp3) is 0.250. The summed E-state index contributed by atoms with van der Waals surface area (Å²) in [6.45, 7) is 6.15. The van der Waals surface area contributed by atoms with Crippen molar-refractivity contribution in [1.82, 2.24) is 9.97 Å². The number of nitrogens with zero attached hydrogens (tertiary/aromatic N) is 2. The first kappa shape index (κ1) is 19.4. The maximum Gasteiger partial charge on any atom is 0.260 e. The molecule has 140 valence electrons. The van der Waals surface area contributed by atoms with Crippen molar-refractivity contribution in [3.05, 3.63) is 53.0 Å². The number of benzene rings is 1. The topological polar surface area (TPSA) is 64.1 Å². The number of amides is 1. The van der Waals surface area contributed by atoms with Gasteiger partial charge in [-0.3, -0.25) is 10.1 Å². The minimum absolute atomic E-state index is 0.193. The number of methoxy groups -OCH3 is 1. The van der Waals surface area contributed by atoms with Crippen molar-refractivity contribution in [3.63, 3.8) is 0 Å². The number of thioether (sulfide) groups is 1. The van der Waals surface area contributed by atoms with Gasteiger partial charge in [0.1, 0.15) is 10.8 Å². The molecule has 0 aliphatic carbocycles. The van der Waals surface area contributed by atoms with Crippen LogP contribution in [-0.4, -0.2) is 28.2 Å². The highest BCUT2D eigenvalue weighted by atomic mass is 32.2. The molecule has 0 atom stereocenters. The number of carbonyl (C=O) groups is 1. The molecular weight excluding hydrogens is 378 g/mol. The smallest absolute Gasteiger partial charge is 0.260 e. The van der Waals surface area contributed by atoms with Crippen LogP contribution in [0.1, 0.15) is 29.1 Å². The molecule has 1 aromatic carbocycles. The maximum absolute atomic E-state index is 12.7. The van der Waals surface area contributed by atoms with Gasteiger partial charge < -0.3 is 4.74 Å². The Bertz CT molecular complexity index is 937. The second-order valence-electron chi connectivity index (χ2n) is 6.13. The van der Waals surface area contributed by atoms with E-state index < -0.39 is 0 Å². The van der Waals surface area contributed by atoms with Gasteiger partial charge in [-0.05, 0) is 43.3 Å². The van der Waals surface area contributed by atoms with E-state index in [4.69, 9.17) is 4.74 Å². The van der Waals surface area contributed by atoms with Gasteiger partial charge in [0.15, 0.2) is 5.13 Å². The predicted molar refractivity (Wildman–Crippen MR) is 112 cm³/mol. The number of ether oxygens (including phenoxy) is 1. The molecule has 27 heavy (non-hydrogen) atoms. The second-order valence-corrected chi connectivity index (χ2v) is 8.90. The summed E-state index contributed by atoms with van der Waals surface area (Å²) in [7, 11) is 1.64. The molecule has 2 aromatic heterocycles. The van der Waals surface area contributed by atoms with Crippen molar-refractivity contribution in [2.75, 3.05) is 12.4 Å². The second kappa shape index (κ2) is 8.54. The molecule has 3 aromatic rings. The third-order valence-electron chi connectivity index (χ3n) is 3.74. The number of rotatable bonds is 6. The van der Waals surface area contributed by atoms with E-state index in [9.17, 15) is 4.79 Å². The zero-order chi connectivity index (χ0) is 19.4. The summed E-state index contributed by atoms with van der Waals surface area (Å²) in [4.78, 5) is 22.7. The number of aromatic nitrogens is 2. The predicted octanol–water partition coefficient (Wildman–Crippen LogP) is 5.27. The van der Waals surface area contributed by atoms with Gasteiger partial charge in [-0.1, -0.05) is 13.8 Å². The van der Waals surface area contributed by atoms with Crippen LogP contribution >= 0.6 is 23.1 Å². The molecule has 0 aliphatic rings. The van der Waals surface area contributed by atoms with Crippen molar-refractivity contribution in [1.29, 1.82) is 0 Å². The third-order valence-corrected chi connectivity index (χ3v) is 5.65. The Balaban J connectivity index is 1.81. The fourth-order valence-corrected chi connectivity index (χ4v) is 4.20. The van der Waals surface area contributed by atoms with Gasteiger partial charge in [0.05, 0.1) is 18.4 Å².